The first-order valence-electron chi connectivity index (χ1n) is 4.84. The van der Waals surface area contributed by atoms with Crippen LogP contribution in [0.3, 0.4) is 0 Å². The van der Waals surface area contributed by atoms with Crippen molar-refractivity contribution in [3.63, 3.8) is 0 Å². The molecule has 0 aliphatic carbocycles. The van der Waals surface area contributed by atoms with Crippen molar-refractivity contribution >= 4 is 5.97 Å². The Morgan fingerprint density at radius 2 is 2.07 bits per heavy atom. The van der Waals surface area contributed by atoms with Crippen LogP contribution in [0, 0.1) is 0 Å². The number of aliphatic carboxylic acids is 1. The first-order valence-corrected chi connectivity index (χ1v) is 4.84. The maximum absolute atomic E-state index is 10.9. The van der Waals surface area contributed by atoms with E-state index >= 15 is 0 Å². The molecule has 82 valence electrons. The van der Waals surface area contributed by atoms with Crippen LogP contribution >= 0.6 is 0 Å². The summed E-state index contributed by atoms with van der Waals surface area (Å²) in [5, 5.41) is 18.4. The maximum Gasteiger partial charge on any atom is 0.329 e. The Kier molecular flexibility index (Phi) is 5.95. The second kappa shape index (κ2) is 6.43. The van der Waals surface area contributed by atoms with Gasteiger partial charge in [0.2, 0.25) is 0 Å². The Morgan fingerprint density at radius 3 is 2.43 bits per heavy atom. The number of carboxylic acids is 1. The van der Waals surface area contributed by atoms with Crippen LogP contribution in [0.2, 0.25) is 0 Å². The number of carboxylic acid groups (broad SMARTS) is 1. The third-order valence-electron chi connectivity index (χ3n) is 2.05. The van der Waals surface area contributed by atoms with Gasteiger partial charge in [-0.25, -0.2) is 4.79 Å². The van der Waals surface area contributed by atoms with Crippen LogP contribution in [-0.4, -0.2) is 40.3 Å². The van der Waals surface area contributed by atoms with E-state index in [0.29, 0.717) is 6.42 Å². The Balaban J connectivity index is 4.48. The second-order valence-corrected chi connectivity index (χ2v) is 3.22. The van der Waals surface area contributed by atoms with E-state index in [1.165, 1.54) is 4.90 Å². The molecule has 0 aromatic rings. The first kappa shape index (κ1) is 13.0. The lowest BCUT2D eigenvalue weighted by Crippen LogP contribution is -2.44. The average Bonchev–Trinajstić information content (AvgIpc) is 2.14. The molecule has 0 aliphatic heterocycles. The molecular formula is C10H19NO3. The fourth-order valence-electron chi connectivity index (χ4n) is 1.20. The summed E-state index contributed by atoms with van der Waals surface area (Å²) in [6, 6.07) is -0.859. The van der Waals surface area contributed by atoms with Crippen LogP contribution in [0.15, 0.2) is 12.3 Å². The molecule has 0 bridgehead atoms. The normalized spacial score (nSPS) is 15.4. The largest absolute Gasteiger partial charge is 0.480 e. The Bertz CT molecular complexity index is 204. The fraction of sp³-hybridized carbons (Fsp3) is 0.700. The standard InChI is InChI=1S/C10H19NO3/c1-4-6-7-11(3)9(10(13)14)8(12)5-2/h6-9,12H,4-5H2,1-3H3,(H,13,14)/b7-6+/t8?,9-/m0/s1. The smallest absolute Gasteiger partial charge is 0.329 e. The number of allylic oxidation sites excluding steroid dienone is 1. The molecule has 1 unspecified atom stereocenters. The summed E-state index contributed by atoms with van der Waals surface area (Å²) < 4.78 is 0. The van der Waals surface area contributed by atoms with Gasteiger partial charge in [0.15, 0.2) is 6.04 Å². The number of aliphatic hydroxyl groups is 1. The fourth-order valence-corrected chi connectivity index (χ4v) is 1.20. The summed E-state index contributed by atoms with van der Waals surface area (Å²) in [5.74, 6) is -0.998. The molecule has 0 fully saturated rings. The van der Waals surface area contributed by atoms with E-state index in [4.69, 9.17) is 5.11 Å². The van der Waals surface area contributed by atoms with Crippen molar-refractivity contribution in [2.45, 2.75) is 38.8 Å². The van der Waals surface area contributed by atoms with E-state index in [-0.39, 0.29) is 0 Å². The van der Waals surface area contributed by atoms with Gasteiger partial charge in [-0.2, -0.15) is 0 Å². The highest BCUT2D eigenvalue weighted by Gasteiger charge is 2.27. The van der Waals surface area contributed by atoms with Gasteiger partial charge in [-0.1, -0.05) is 19.9 Å². The highest BCUT2D eigenvalue weighted by Crippen LogP contribution is 2.07. The molecule has 4 nitrogen and oxygen atoms in total. The topological polar surface area (TPSA) is 60.8 Å². The Labute approximate surface area is 84.8 Å². The summed E-state index contributed by atoms with van der Waals surface area (Å²) in [4.78, 5) is 12.4. The van der Waals surface area contributed by atoms with Crippen LogP contribution < -0.4 is 0 Å². The minimum atomic E-state index is -0.998. The molecule has 0 heterocycles. The van der Waals surface area contributed by atoms with E-state index in [9.17, 15) is 9.90 Å². The minimum absolute atomic E-state index is 0.432. The Morgan fingerprint density at radius 1 is 1.50 bits per heavy atom. The zero-order valence-corrected chi connectivity index (χ0v) is 8.97. The van der Waals surface area contributed by atoms with Gasteiger partial charge >= 0.3 is 5.97 Å². The molecule has 0 aromatic heterocycles. The predicted octanol–water partition coefficient (Wildman–Crippen LogP) is 1.07. The van der Waals surface area contributed by atoms with E-state index in [2.05, 4.69) is 0 Å². The quantitative estimate of drug-likeness (QED) is 0.674. The lowest BCUT2D eigenvalue weighted by Gasteiger charge is -2.26. The maximum atomic E-state index is 10.9. The van der Waals surface area contributed by atoms with Gasteiger partial charge in [-0.05, 0) is 19.0 Å². The van der Waals surface area contributed by atoms with Crippen molar-refractivity contribution in [1.82, 2.24) is 4.90 Å². The number of nitrogens with zero attached hydrogens (tertiary/aromatic N) is 1. The first-order chi connectivity index (χ1) is 6.54. The van der Waals surface area contributed by atoms with Gasteiger partial charge in [0.1, 0.15) is 0 Å². The lowest BCUT2D eigenvalue weighted by atomic mass is 10.1. The summed E-state index contributed by atoms with van der Waals surface area (Å²) >= 11 is 0. The van der Waals surface area contributed by atoms with Gasteiger partial charge in [0, 0.05) is 7.05 Å². The monoisotopic (exact) mass is 201 g/mol. The second-order valence-electron chi connectivity index (χ2n) is 3.22. The van der Waals surface area contributed by atoms with E-state index in [1.54, 1.807) is 20.2 Å². The molecule has 2 atom stereocenters. The van der Waals surface area contributed by atoms with Gasteiger partial charge in [0.05, 0.1) is 6.10 Å². The molecule has 0 saturated heterocycles. The number of hydrogen-bond acceptors (Lipinski definition) is 3. The summed E-state index contributed by atoms with van der Waals surface area (Å²) in [7, 11) is 1.66. The van der Waals surface area contributed by atoms with Crippen LogP contribution in [-0.2, 0) is 4.79 Å². The molecule has 0 radical (unpaired) electrons. The zero-order chi connectivity index (χ0) is 11.1. The van der Waals surface area contributed by atoms with Crippen molar-refractivity contribution in [1.29, 1.82) is 0 Å². The molecule has 0 amide bonds. The molecule has 0 aliphatic rings. The van der Waals surface area contributed by atoms with Crippen LogP contribution in [0.4, 0.5) is 0 Å². The van der Waals surface area contributed by atoms with Gasteiger partial charge in [0.25, 0.3) is 0 Å². The number of aliphatic hydroxyl groups excluding tert-OH is 1. The van der Waals surface area contributed by atoms with Gasteiger partial charge in [-0.3, -0.25) is 0 Å². The number of rotatable bonds is 6. The zero-order valence-electron chi connectivity index (χ0n) is 8.97. The van der Waals surface area contributed by atoms with Crippen LogP contribution in [0.5, 0.6) is 0 Å². The highest BCUT2D eigenvalue weighted by molar-refractivity contribution is 5.74. The molecule has 2 N–H and O–H groups in total. The number of hydrogen-bond donors (Lipinski definition) is 2. The molecule has 0 spiro atoms. The van der Waals surface area contributed by atoms with Crippen molar-refractivity contribution < 1.29 is 15.0 Å². The van der Waals surface area contributed by atoms with Gasteiger partial charge in [-0.15, -0.1) is 0 Å². The van der Waals surface area contributed by atoms with Crippen LogP contribution in [0.25, 0.3) is 0 Å². The van der Waals surface area contributed by atoms with E-state index in [1.807, 2.05) is 13.0 Å². The average molecular weight is 201 g/mol. The number of carbonyl (C=O) groups is 1. The molecule has 4 heteroatoms. The van der Waals surface area contributed by atoms with Gasteiger partial charge < -0.3 is 15.1 Å². The van der Waals surface area contributed by atoms with Crippen molar-refractivity contribution in [3.05, 3.63) is 12.3 Å². The van der Waals surface area contributed by atoms with E-state index < -0.39 is 18.1 Å². The highest BCUT2D eigenvalue weighted by atomic mass is 16.4. The van der Waals surface area contributed by atoms with Crippen molar-refractivity contribution in [2.75, 3.05) is 7.05 Å². The molecule has 0 aromatic carbocycles. The molecular weight excluding hydrogens is 182 g/mol. The predicted molar refractivity (Wildman–Crippen MR) is 54.9 cm³/mol. The van der Waals surface area contributed by atoms with Crippen molar-refractivity contribution in [2.24, 2.45) is 0 Å². The van der Waals surface area contributed by atoms with E-state index in [0.717, 1.165) is 6.42 Å². The minimum Gasteiger partial charge on any atom is -0.480 e. The SMILES string of the molecule is CC/C=C/N(C)[C@H](C(=O)O)C(O)CC. The van der Waals surface area contributed by atoms with Crippen molar-refractivity contribution in [3.8, 4) is 0 Å². The summed E-state index contributed by atoms with van der Waals surface area (Å²) in [6.45, 7) is 3.73. The molecule has 14 heavy (non-hydrogen) atoms. The third kappa shape index (κ3) is 3.79. The summed E-state index contributed by atoms with van der Waals surface area (Å²) in [5.41, 5.74) is 0. The Hall–Kier alpha value is -1.03. The van der Waals surface area contributed by atoms with Crippen LogP contribution in [0.1, 0.15) is 26.7 Å². The third-order valence-corrected chi connectivity index (χ3v) is 2.05. The summed E-state index contributed by atoms with van der Waals surface area (Å²) in [6.07, 6.45) is 4.00. The lowest BCUT2D eigenvalue weighted by molar-refractivity contribution is -0.145. The number of likely N-dealkylation sites (N-methyl/N-ethyl adjacent to an activating group) is 1. The molecule has 0 saturated carbocycles. The molecule has 0 rings (SSSR count).